The molecule has 0 spiro atoms. The first kappa shape index (κ1) is 18.4. The van der Waals surface area contributed by atoms with Gasteiger partial charge in [0.1, 0.15) is 12.6 Å². The molecule has 4 N–H and O–H groups in total. The van der Waals surface area contributed by atoms with Crippen molar-refractivity contribution < 1.29 is 24.2 Å². The quantitative estimate of drug-likeness (QED) is 0.585. The van der Waals surface area contributed by atoms with Crippen LogP contribution in [0.5, 0.6) is 0 Å². The first-order valence-corrected chi connectivity index (χ1v) is 8.28. The molecular formula is C17H19N5O5. The first-order valence-electron chi connectivity index (χ1n) is 8.28. The molecule has 1 aliphatic heterocycles. The maximum Gasteiger partial charge on any atom is 0.405 e. The van der Waals surface area contributed by atoms with E-state index in [1.54, 1.807) is 29.2 Å². The number of carbonyl (C=O) groups excluding carboxylic acids is 2. The van der Waals surface area contributed by atoms with Gasteiger partial charge in [0.15, 0.2) is 0 Å². The fourth-order valence-electron chi connectivity index (χ4n) is 2.72. The topological polar surface area (TPSA) is 137 Å². The Bertz CT molecular complexity index is 806. The standard InChI is InChI=1S/C17H19N5O5/c23-15-9-27-6-5-22(15)13-3-1-11(2-4-13)20-16(24)14(21-17(25)26)7-12-8-18-10-19-12/h1-4,8,10,14,21H,5-7,9H2,(H,18,19)(H,20,24)(H,25,26). The summed E-state index contributed by atoms with van der Waals surface area (Å²) in [5, 5.41) is 13.8. The van der Waals surface area contributed by atoms with E-state index in [9.17, 15) is 14.4 Å². The minimum absolute atomic E-state index is 0.0502. The molecule has 1 fully saturated rings. The van der Waals surface area contributed by atoms with Gasteiger partial charge in [-0.25, -0.2) is 9.78 Å². The largest absolute Gasteiger partial charge is 0.465 e. The number of nitrogens with one attached hydrogen (secondary N) is 3. The van der Waals surface area contributed by atoms with E-state index in [0.717, 1.165) is 0 Å². The van der Waals surface area contributed by atoms with Crippen molar-refractivity contribution >= 4 is 29.3 Å². The summed E-state index contributed by atoms with van der Waals surface area (Å²) in [4.78, 5) is 43.6. The number of hydrogen-bond donors (Lipinski definition) is 4. The minimum atomic E-state index is -1.30. The fraction of sp³-hybridized carbons (Fsp3) is 0.294. The Morgan fingerprint density at radius 3 is 2.74 bits per heavy atom. The first-order chi connectivity index (χ1) is 13.0. The highest BCUT2D eigenvalue weighted by Gasteiger charge is 2.23. The SMILES string of the molecule is O=C(O)NC(Cc1cnc[nH]1)C(=O)Nc1ccc(N2CCOCC2=O)cc1. The predicted octanol–water partition coefficient (Wildman–Crippen LogP) is 0.590. The Hall–Kier alpha value is -3.40. The molecule has 1 aromatic heterocycles. The third-order valence-electron chi connectivity index (χ3n) is 4.03. The van der Waals surface area contributed by atoms with Crippen LogP contribution in [0.15, 0.2) is 36.8 Å². The molecule has 0 radical (unpaired) electrons. The highest BCUT2D eigenvalue weighted by atomic mass is 16.5. The van der Waals surface area contributed by atoms with Gasteiger partial charge in [0.05, 0.1) is 12.9 Å². The molecule has 1 aliphatic rings. The van der Waals surface area contributed by atoms with Gasteiger partial charge in [-0.15, -0.1) is 0 Å². The highest BCUT2D eigenvalue weighted by Crippen LogP contribution is 2.20. The average Bonchev–Trinajstić information content (AvgIpc) is 3.15. The van der Waals surface area contributed by atoms with Crippen LogP contribution in [0.4, 0.5) is 16.2 Å². The Morgan fingerprint density at radius 1 is 1.33 bits per heavy atom. The molecule has 0 bridgehead atoms. The molecule has 1 unspecified atom stereocenters. The number of hydrogen-bond acceptors (Lipinski definition) is 5. The zero-order chi connectivity index (χ0) is 19.2. The number of amides is 3. The summed E-state index contributed by atoms with van der Waals surface area (Å²) in [5.74, 6) is -0.620. The lowest BCUT2D eigenvalue weighted by atomic mass is 10.1. The summed E-state index contributed by atoms with van der Waals surface area (Å²) in [7, 11) is 0. The zero-order valence-corrected chi connectivity index (χ0v) is 14.3. The zero-order valence-electron chi connectivity index (χ0n) is 14.3. The molecule has 3 rings (SSSR count). The number of benzene rings is 1. The average molecular weight is 373 g/mol. The van der Waals surface area contributed by atoms with Crippen LogP contribution in [0.1, 0.15) is 5.69 Å². The monoisotopic (exact) mass is 373 g/mol. The number of ether oxygens (including phenoxy) is 1. The normalized spacial score (nSPS) is 15.3. The van der Waals surface area contributed by atoms with Crippen LogP contribution in [-0.2, 0) is 20.7 Å². The molecule has 10 nitrogen and oxygen atoms in total. The second-order valence-corrected chi connectivity index (χ2v) is 5.92. The van der Waals surface area contributed by atoms with E-state index >= 15 is 0 Å². The van der Waals surface area contributed by atoms with Gasteiger partial charge in [0, 0.05) is 36.2 Å². The van der Waals surface area contributed by atoms with Gasteiger partial charge in [0.25, 0.3) is 5.91 Å². The van der Waals surface area contributed by atoms with Crippen LogP contribution < -0.4 is 15.5 Å². The van der Waals surface area contributed by atoms with Crippen molar-refractivity contribution in [3.8, 4) is 0 Å². The second kappa shape index (κ2) is 8.32. The number of H-pyrrole nitrogens is 1. The van der Waals surface area contributed by atoms with Crippen LogP contribution in [0.25, 0.3) is 0 Å². The lowest BCUT2D eigenvalue weighted by Crippen LogP contribution is -2.44. The van der Waals surface area contributed by atoms with Crippen molar-refractivity contribution in [2.75, 3.05) is 30.0 Å². The Labute approximate surface area is 154 Å². The van der Waals surface area contributed by atoms with Gasteiger partial charge in [-0.05, 0) is 24.3 Å². The van der Waals surface area contributed by atoms with Crippen LogP contribution in [0.2, 0.25) is 0 Å². The third kappa shape index (κ3) is 4.82. The smallest absolute Gasteiger partial charge is 0.405 e. The van der Waals surface area contributed by atoms with E-state index in [0.29, 0.717) is 30.2 Å². The Morgan fingerprint density at radius 2 is 2.11 bits per heavy atom. The van der Waals surface area contributed by atoms with Gasteiger partial charge in [-0.3, -0.25) is 9.59 Å². The number of anilines is 2. The predicted molar refractivity (Wildman–Crippen MR) is 95.5 cm³/mol. The van der Waals surface area contributed by atoms with Gasteiger partial charge < -0.3 is 30.4 Å². The summed E-state index contributed by atoms with van der Waals surface area (Å²) in [6.07, 6.45) is 1.82. The van der Waals surface area contributed by atoms with E-state index in [1.807, 2.05) is 0 Å². The van der Waals surface area contributed by atoms with Crippen molar-refractivity contribution in [2.45, 2.75) is 12.5 Å². The summed E-state index contributed by atoms with van der Waals surface area (Å²) in [6, 6.07) is 5.76. The molecule has 10 heteroatoms. The van der Waals surface area contributed by atoms with E-state index in [4.69, 9.17) is 9.84 Å². The van der Waals surface area contributed by atoms with Gasteiger partial charge in [-0.2, -0.15) is 0 Å². The van der Waals surface area contributed by atoms with Gasteiger partial charge >= 0.3 is 6.09 Å². The number of carbonyl (C=O) groups is 3. The number of nitrogens with zero attached hydrogens (tertiary/aromatic N) is 2. The van der Waals surface area contributed by atoms with E-state index in [2.05, 4.69) is 20.6 Å². The molecular weight excluding hydrogens is 354 g/mol. The Kier molecular flexibility index (Phi) is 5.67. The maximum atomic E-state index is 12.5. The summed E-state index contributed by atoms with van der Waals surface area (Å²) in [5.41, 5.74) is 1.83. The van der Waals surface area contributed by atoms with Crippen LogP contribution in [-0.4, -0.2) is 58.8 Å². The second-order valence-electron chi connectivity index (χ2n) is 5.92. The molecule has 1 saturated heterocycles. The number of carboxylic acid groups (broad SMARTS) is 1. The molecule has 1 aromatic carbocycles. The van der Waals surface area contributed by atoms with Gasteiger partial charge in [0.2, 0.25) is 5.91 Å². The molecule has 1 atom stereocenters. The van der Waals surface area contributed by atoms with E-state index < -0.39 is 18.0 Å². The fourth-order valence-corrected chi connectivity index (χ4v) is 2.72. The number of imidazole rings is 1. The van der Waals surface area contributed by atoms with Crippen LogP contribution >= 0.6 is 0 Å². The number of aromatic amines is 1. The van der Waals surface area contributed by atoms with Crippen molar-refractivity contribution in [3.63, 3.8) is 0 Å². The number of morpholine rings is 1. The summed E-state index contributed by atoms with van der Waals surface area (Å²) >= 11 is 0. The van der Waals surface area contributed by atoms with Crippen molar-refractivity contribution in [3.05, 3.63) is 42.5 Å². The van der Waals surface area contributed by atoms with Crippen molar-refractivity contribution in [1.82, 2.24) is 15.3 Å². The molecule has 2 aromatic rings. The summed E-state index contributed by atoms with van der Waals surface area (Å²) in [6.45, 7) is 0.994. The molecule has 0 saturated carbocycles. The summed E-state index contributed by atoms with van der Waals surface area (Å²) < 4.78 is 5.10. The van der Waals surface area contributed by atoms with Crippen molar-refractivity contribution in [2.24, 2.45) is 0 Å². The maximum absolute atomic E-state index is 12.5. The third-order valence-corrected chi connectivity index (χ3v) is 4.03. The molecule has 0 aliphatic carbocycles. The Balaban J connectivity index is 1.65. The van der Waals surface area contributed by atoms with E-state index in [1.165, 1.54) is 12.5 Å². The lowest BCUT2D eigenvalue weighted by Gasteiger charge is -2.27. The van der Waals surface area contributed by atoms with Gasteiger partial charge in [-0.1, -0.05) is 0 Å². The lowest BCUT2D eigenvalue weighted by molar-refractivity contribution is -0.125. The molecule has 3 amide bonds. The van der Waals surface area contributed by atoms with Crippen LogP contribution in [0.3, 0.4) is 0 Å². The number of rotatable bonds is 6. The molecule has 27 heavy (non-hydrogen) atoms. The molecule has 2 heterocycles. The molecule has 142 valence electrons. The van der Waals surface area contributed by atoms with Crippen LogP contribution in [0, 0.1) is 0 Å². The minimum Gasteiger partial charge on any atom is -0.465 e. The van der Waals surface area contributed by atoms with Crippen molar-refractivity contribution in [1.29, 1.82) is 0 Å². The van der Waals surface area contributed by atoms with E-state index in [-0.39, 0.29) is 18.9 Å². The number of aromatic nitrogens is 2. The highest BCUT2D eigenvalue weighted by molar-refractivity contribution is 5.98.